The predicted octanol–water partition coefficient (Wildman–Crippen LogP) is 1.21. The maximum Gasteiger partial charge on any atom is 0.224 e. The van der Waals surface area contributed by atoms with E-state index in [1.54, 1.807) is 0 Å². The summed E-state index contributed by atoms with van der Waals surface area (Å²) >= 11 is 4.92. The molecule has 2 rings (SSSR count). The van der Waals surface area contributed by atoms with E-state index in [0.717, 1.165) is 0 Å². The number of amides is 1. The molecule has 3 nitrogen and oxygen atoms in total. The van der Waals surface area contributed by atoms with Crippen molar-refractivity contribution in [2.75, 3.05) is 0 Å². The van der Waals surface area contributed by atoms with Gasteiger partial charge < -0.3 is 11.1 Å². The van der Waals surface area contributed by atoms with E-state index in [1.807, 2.05) is 13.8 Å². The molecular weight excluding hydrogens is 208 g/mol. The van der Waals surface area contributed by atoms with Gasteiger partial charge in [0.25, 0.3) is 0 Å². The predicted molar refractivity (Wildman–Crippen MR) is 63.3 cm³/mol. The lowest BCUT2D eigenvalue weighted by molar-refractivity contribution is -0.124. The summed E-state index contributed by atoms with van der Waals surface area (Å²) in [7, 11) is 0. The van der Waals surface area contributed by atoms with E-state index in [0.29, 0.717) is 16.8 Å². The van der Waals surface area contributed by atoms with Crippen LogP contribution in [0.1, 0.15) is 33.1 Å². The maximum atomic E-state index is 11.9. The summed E-state index contributed by atoms with van der Waals surface area (Å²) in [4.78, 5) is 12.3. The smallest absolute Gasteiger partial charge is 0.224 e. The van der Waals surface area contributed by atoms with Gasteiger partial charge in [-0.3, -0.25) is 4.79 Å². The fraction of sp³-hybridized carbons (Fsp3) is 0.818. The topological polar surface area (TPSA) is 55.1 Å². The monoisotopic (exact) mass is 226 g/mol. The van der Waals surface area contributed by atoms with E-state index in [9.17, 15) is 4.79 Å². The van der Waals surface area contributed by atoms with E-state index in [-0.39, 0.29) is 11.8 Å². The zero-order valence-corrected chi connectivity index (χ0v) is 10.1. The second-order valence-corrected chi connectivity index (χ2v) is 5.70. The Morgan fingerprint density at radius 2 is 1.93 bits per heavy atom. The largest absolute Gasteiger partial charge is 0.391 e. The first kappa shape index (κ1) is 10.9. The number of rotatable bonds is 3. The van der Waals surface area contributed by atoms with Crippen LogP contribution in [0.3, 0.4) is 0 Å². The Balaban J connectivity index is 1.91. The normalized spacial score (nSPS) is 33.3. The van der Waals surface area contributed by atoms with Crippen molar-refractivity contribution in [1.82, 2.24) is 5.32 Å². The molecule has 0 aromatic heterocycles. The van der Waals surface area contributed by atoms with Gasteiger partial charge in [0.1, 0.15) is 0 Å². The Morgan fingerprint density at radius 3 is 2.40 bits per heavy atom. The van der Waals surface area contributed by atoms with E-state index in [2.05, 4.69) is 5.32 Å². The van der Waals surface area contributed by atoms with Crippen molar-refractivity contribution >= 4 is 23.1 Å². The molecule has 0 aromatic carbocycles. The molecule has 0 radical (unpaired) electrons. The van der Waals surface area contributed by atoms with Crippen LogP contribution in [0.25, 0.3) is 0 Å². The van der Waals surface area contributed by atoms with Gasteiger partial charge in [-0.25, -0.2) is 0 Å². The quantitative estimate of drug-likeness (QED) is 0.711. The third kappa shape index (κ3) is 1.87. The number of carbonyl (C=O) groups excluding carboxylic acids is 1. The van der Waals surface area contributed by atoms with Crippen molar-refractivity contribution in [3.05, 3.63) is 0 Å². The zero-order valence-electron chi connectivity index (χ0n) is 9.25. The van der Waals surface area contributed by atoms with Crippen LogP contribution in [0.2, 0.25) is 0 Å². The van der Waals surface area contributed by atoms with Crippen LogP contribution < -0.4 is 11.1 Å². The van der Waals surface area contributed by atoms with Crippen molar-refractivity contribution in [3.63, 3.8) is 0 Å². The summed E-state index contributed by atoms with van der Waals surface area (Å²) in [6.45, 7) is 3.71. The van der Waals surface area contributed by atoms with Gasteiger partial charge in [0.05, 0.1) is 10.5 Å². The van der Waals surface area contributed by atoms with Crippen LogP contribution in [0, 0.1) is 17.8 Å². The molecule has 2 aliphatic rings. The summed E-state index contributed by atoms with van der Waals surface area (Å²) in [6.07, 6.45) is 3.73. The van der Waals surface area contributed by atoms with Crippen LogP contribution in [-0.2, 0) is 4.79 Å². The number of nitrogens with one attached hydrogen (secondary N) is 1. The molecule has 2 saturated carbocycles. The number of hydrogen-bond donors (Lipinski definition) is 2. The van der Waals surface area contributed by atoms with Crippen LogP contribution in [0.15, 0.2) is 0 Å². The molecule has 84 valence electrons. The molecular formula is C11H18N2OS. The van der Waals surface area contributed by atoms with Gasteiger partial charge in [0, 0.05) is 5.92 Å². The maximum absolute atomic E-state index is 11.9. The highest BCUT2D eigenvalue weighted by Gasteiger charge is 2.56. The fourth-order valence-corrected chi connectivity index (χ4v) is 2.71. The minimum atomic E-state index is -0.552. The second-order valence-electron chi connectivity index (χ2n) is 5.26. The van der Waals surface area contributed by atoms with E-state index in [4.69, 9.17) is 18.0 Å². The van der Waals surface area contributed by atoms with E-state index in [1.165, 1.54) is 19.3 Å². The van der Waals surface area contributed by atoms with Crippen LogP contribution in [0.5, 0.6) is 0 Å². The van der Waals surface area contributed by atoms with Gasteiger partial charge in [-0.1, -0.05) is 18.6 Å². The van der Waals surface area contributed by atoms with Gasteiger partial charge in [-0.05, 0) is 38.5 Å². The molecule has 2 atom stereocenters. The zero-order chi connectivity index (χ0) is 11.2. The van der Waals surface area contributed by atoms with Crippen molar-refractivity contribution in [3.8, 4) is 0 Å². The van der Waals surface area contributed by atoms with Crippen LogP contribution >= 0.6 is 12.2 Å². The lowest BCUT2D eigenvalue weighted by Crippen LogP contribution is -2.52. The van der Waals surface area contributed by atoms with Gasteiger partial charge >= 0.3 is 0 Å². The second kappa shape index (κ2) is 3.44. The Hall–Kier alpha value is -0.640. The first-order valence-corrected chi connectivity index (χ1v) is 5.96. The molecule has 0 heterocycles. The Bertz CT molecular complexity index is 304. The molecule has 0 saturated heterocycles. The average molecular weight is 226 g/mol. The number of nitrogens with two attached hydrogens (primary N) is 1. The molecule has 2 fully saturated rings. The van der Waals surface area contributed by atoms with E-state index >= 15 is 0 Å². The molecule has 3 N–H and O–H groups in total. The number of carbonyl (C=O) groups is 1. The number of fused-ring (bicyclic) bond motifs is 1. The van der Waals surface area contributed by atoms with Gasteiger partial charge in [0.2, 0.25) is 5.91 Å². The number of hydrogen-bond acceptors (Lipinski definition) is 2. The minimum absolute atomic E-state index is 0.141. The molecule has 0 spiro atoms. The molecule has 0 aliphatic heterocycles. The molecule has 0 bridgehead atoms. The Labute approximate surface area is 95.8 Å². The number of thiocarbonyl (C=S) groups is 1. The average Bonchev–Trinajstić information content (AvgIpc) is 2.60. The fourth-order valence-electron chi connectivity index (χ4n) is 2.66. The van der Waals surface area contributed by atoms with Crippen LogP contribution in [0.4, 0.5) is 0 Å². The van der Waals surface area contributed by atoms with Gasteiger partial charge in [0.15, 0.2) is 0 Å². The summed E-state index contributed by atoms with van der Waals surface area (Å²) in [5.74, 6) is 1.68. The third-order valence-corrected chi connectivity index (χ3v) is 4.27. The highest BCUT2D eigenvalue weighted by Crippen LogP contribution is 2.57. The van der Waals surface area contributed by atoms with Gasteiger partial charge in [-0.2, -0.15) is 0 Å². The molecule has 1 amide bonds. The van der Waals surface area contributed by atoms with Crippen LogP contribution in [-0.4, -0.2) is 16.4 Å². The first-order valence-electron chi connectivity index (χ1n) is 5.55. The molecule has 2 unspecified atom stereocenters. The standard InChI is InChI=1S/C11H18N2OS/c1-11(2,10(12)15)13-9(14)8-6-4-3-5-7(6)8/h6-8H,3-5H2,1-2H3,(H2,12,15)(H,13,14). The molecule has 0 aromatic rings. The summed E-state index contributed by atoms with van der Waals surface area (Å²) in [6, 6.07) is 0. The van der Waals surface area contributed by atoms with E-state index < -0.39 is 5.54 Å². The lowest BCUT2D eigenvalue weighted by atomic mass is 10.0. The van der Waals surface area contributed by atoms with Crippen molar-refractivity contribution in [2.45, 2.75) is 38.6 Å². The summed E-state index contributed by atoms with van der Waals surface area (Å²) in [5.41, 5.74) is 5.02. The Morgan fingerprint density at radius 1 is 1.40 bits per heavy atom. The minimum Gasteiger partial charge on any atom is -0.391 e. The van der Waals surface area contributed by atoms with Gasteiger partial charge in [-0.15, -0.1) is 0 Å². The molecule has 15 heavy (non-hydrogen) atoms. The van der Waals surface area contributed by atoms with Crippen molar-refractivity contribution < 1.29 is 4.79 Å². The van der Waals surface area contributed by atoms with Crippen molar-refractivity contribution in [2.24, 2.45) is 23.5 Å². The molecule has 4 heteroatoms. The van der Waals surface area contributed by atoms with Crippen molar-refractivity contribution in [1.29, 1.82) is 0 Å². The molecule has 2 aliphatic carbocycles. The third-order valence-electron chi connectivity index (χ3n) is 3.76. The SMILES string of the molecule is CC(C)(NC(=O)C1C2CCCC21)C(N)=S. The highest BCUT2D eigenvalue weighted by molar-refractivity contribution is 7.80. The highest BCUT2D eigenvalue weighted by atomic mass is 32.1. The summed E-state index contributed by atoms with van der Waals surface area (Å²) in [5, 5.41) is 2.94. The summed E-state index contributed by atoms with van der Waals surface area (Å²) < 4.78 is 0. The first-order chi connectivity index (χ1) is 6.93. The Kier molecular flexibility index (Phi) is 2.49. The lowest BCUT2D eigenvalue weighted by Gasteiger charge is -2.25.